The molecule has 1 fully saturated rings. The number of hydrogen-bond acceptors (Lipinski definition) is 7. The Kier molecular flexibility index (Phi) is 5.60. The molecule has 1 aliphatic heterocycles. The van der Waals surface area contributed by atoms with Crippen molar-refractivity contribution >= 4 is 38.8 Å². The van der Waals surface area contributed by atoms with Crippen molar-refractivity contribution in [3.8, 4) is 0 Å². The van der Waals surface area contributed by atoms with Gasteiger partial charge in [-0.05, 0) is 38.4 Å². The molecule has 162 valence electrons. The van der Waals surface area contributed by atoms with Gasteiger partial charge >= 0.3 is 0 Å². The van der Waals surface area contributed by atoms with E-state index in [-0.39, 0.29) is 6.10 Å². The maximum Gasteiger partial charge on any atom is 0.227 e. The summed E-state index contributed by atoms with van der Waals surface area (Å²) >= 11 is 1.73. The second-order valence-corrected chi connectivity index (χ2v) is 9.53. The molecule has 2 unspecified atom stereocenters. The number of anilines is 2. The number of rotatable bonds is 5. The molecule has 1 aliphatic carbocycles. The maximum atomic E-state index is 5.84. The summed E-state index contributed by atoms with van der Waals surface area (Å²) in [6.45, 7) is 6.41. The number of nitrogens with one attached hydrogen (secondary N) is 2. The predicted molar refractivity (Wildman–Crippen MR) is 126 cm³/mol. The van der Waals surface area contributed by atoms with Gasteiger partial charge in [0.05, 0.1) is 40.4 Å². The molecule has 0 aromatic carbocycles. The molecule has 0 amide bonds. The van der Waals surface area contributed by atoms with Gasteiger partial charge in [-0.3, -0.25) is 4.68 Å². The van der Waals surface area contributed by atoms with Gasteiger partial charge in [0.1, 0.15) is 0 Å². The Hall–Kier alpha value is -2.55. The molecule has 3 aromatic heterocycles. The second-order valence-electron chi connectivity index (χ2n) is 8.28. The van der Waals surface area contributed by atoms with E-state index in [1.54, 1.807) is 18.4 Å². The van der Waals surface area contributed by atoms with Crippen LogP contribution in [0, 0.1) is 12.8 Å². The largest absolute Gasteiger partial charge is 0.376 e. The molecule has 7 nitrogen and oxygen atoms in total. The van der Waals surface area contributed by atoms with Crippen LogP contribution in [0.4, 0.5) is 11.6 Å². The molecular formula is C23H28N6OS. The lowest BCUT2D eigenvalue weighted by Crippen LogP contribution is -2.29. The van der Waals surface area contributed by atoms with Crippen molar-refractivity contribution in [2.24, 2.45) is 5.92 Å². The quantitative estimate of drug-likeness (QED) is 0.615. The average Bonchev–Trinajstić information content (AvgIpc) is 3.37. The zero-order valence-electron chi connectivity index (χ0n) is 18.1. The summed E-state index contributed by atoms with van der Waals surface area (Å²) in [7, 11) is 1.78. The lowest BCUT2D eigenvalue weighted by atomic mass is 9.87. The van der Waals surface area contributed by atoms with Crippen molar-refractivity contribution < 1.29 is 4.74 Å². The number of aromatic nitrogens is 4. The van der Waals surface area contributed by atoms with Crippen molar-refractivity contribution in [2.75, 3.05) is 25.5 Å². The number of piperidine rings is 1. The van der Waals surface area contributed by atoms with Gasteiger partial charge < -0.3 is 15.4 Å². The highest BCUT2D eigenvalue weighted by molar-refractivity contribution is 7.19. The van der Waals surface area contributed by atoms with Crippen LogP contribution in [0.2, 0.25) is 0 Å². The molecule has 2 atom stereocenters. The molecule has 2 aliphatic rings. The van der Waals surface area contributed by atoms with Gasteiger partial charge in [-0.15, -0.1) is 11.3 Å². The number of ether oxygens (including phenoxy) is 1. The number of fused-ring (bicyclic) bond motifs is 1. The standard InChI is InChI=1S/C23H28N6OS/c1-14-5-4-6-18(22(14)30-3)20-15(2)31-19-12-25-23(28-21(19)20)27-16-11-26-29(13-16)17-7-9-24-10-8-17/h4-6,11-14,17,22,24H,7-10H2,1-3H3,(H,25,27,28). The summed E-state index contributed by atoms with van der Waals surface area (Å²) in [4.78, 5) is 10.7. The van der Waals surface area contributed by atoms with Gasteiger partial charge in [0.2, 0.25) is 5.95 Å². The molecule has 8 heteroatoms. The third-order valence-corrected chi connectivity index (χ3v) is 7.19. The van der Waals surface area contributed by atoms with Crippen LogP contribution in [0.15, 0.2) is 36.8 Å². The summed E-state index contributed by atoms with van der Waals surface area (Å²) in [6, 6.07) is 0.450. The Morgan fingerprint density at radius 3 is 2.90 bits per heavy atom. The van der Waals surface area contributed by atoms with Crippen LogP contribution in [0.25, 0.3) is 15.8 Å². The monoisotopic (exact) mass is 436 g/mol. The number of allylic oxidation sites excluding steroid dienone is 2. The minimum absolute atomic E-state index is 0.0242. The van der Waals surface area contributed by atoms with E-state index in [1.807, 2.05) is 12.4 Å². The van der Waals surface area contributed by atoms with Gasteiger partial charge in [0.25, 0.3) is 0 Å². The van der Waals surface area contributed by atoms with Gasteiger partial charge in [-0.1, -0.05) is 25.2 Å². The first-order valence-electron chi connectivity index (χ1n) is 10.8. The molecule has 0 radical (unpaired) electrons. The van der Waals surface area contributed by atoms with E-state index in [1.165, 1.54) is 16.0 Å². The Morgan fingerprint density at radius 1 is 1.26 bits per heavy atom. The van der Waals surface area contributed by atoms with Crippen molar-refractivity contribution in [3.05, 3.63) is 47.3 Å². The molecule has 1 saturated heterocycles. The summed E-state index contributed by atoms with van der Waals surface area (Å²) in [5.41, 5.74) is 4.24. The van der Waals surface area contributed by atoms with Crippen LogP contribution in [0.1, 0.15) is 36.2 Å². The topological polar surface area (TPSA) is 76.9 Å². The van der Waals surface area contributed by atoms with Gasteiger partial charge in [-0.2, -0.15) is 5.10 Å². The molecule has 5 rings (SSSR count). The Balaban J connectivity index is 1.45. The molecular weight excluding hydrogens is 408 g/mol. The first kappa shape index (κ1) is 20.4. The fourth-order valence-electron chi connectivity index (χ4n) is 4.59. The van der Waals surface area contributed by atoms with Crippen LogP contribution >= 0.6 is 11.3 Å². The van der Waals surface area contributed by atoms with Crippen molar-refractivity contribution in [3.63, 3.8) is 0 Å². The summed E-state index contributed by atoms with van der Waals surface area (Å²) in [5.74, 6) is 0.907. The lowest BCUT2D eigenvalue weighted by Gasteiger charge is -2.26. The third kappa shape index (κ3) is 3.91. The Labute approximate surface area is 186 Å². The Morgan fingerprint density at radius 2 is 2.10 bits per heavy atom. The van der Waals surface area contributed by atoms with E-state index in [0.29, 0.717) is 17.9 Å². The van der Waals surface area contributed by atoms with Crippen LogP contribution < -0.4 is 10.6 Å². The minimum Gasteiger partial charge on any atom is -0.376 e. The van der Waals surface area contributed by atoms with Crippen LogP contribution in [0.3, 0.4) is 0 Å². The van der Waals surface area contributed by atoms with Gasteiger partial charge in [0, 0.05) is 29.7 Å². The van der Waals surface area contributed by atoms with Crippen LogP contribution in [-0.2, 0) is 4.74 Å². The SMILES string of the molecule is COC1C(c2c(C)sc3cnc(Nc4cnn(C5CCNCC5)c4)nc23)=CC=CC1C. The average molecular weight is 437 g/mol. The first-order chi connectivity index (χ1) is 15.1. The second kappa shape index (κ2) is 8.53. The minimum atomic E-state index is 0.0242. The molecule has 0 bridgehead atoms. The first-order valence-corrected chi connectivity index (χ1v) is 11.6. The normalized spacial score (nSPS) is 22.1. The molecule has 31 heavy (non-hydrogen) atoms. The van der Waals surface area contributed by atoms with Crippen molar-refractivity contribution in [1.82, 2.24) is 25.1 Å². The number of aryl methyl sites for hydroxylation is 1. The maximum absolute atomic E-state index is 5.84. The zero-order chi connectivity index (χ0) is 21.4. The van der Waals surface area contributed by atoms with E-state index >= 15 is 0 Å². The summed E-state index contributed by atoms with van der Waals surface area (Å²) < 4.78 is 8.99. The molecule has 0 saturated carbocycles. The Bertz CT molecular complexity index is 1140. The van der Waals surface area contributed by atoms with Crippen molar-refractivity contribution in [2.45, 2.75) is 38.8 Å². The zero-order valence-corrected chi connectivity index (χ0v) is 18.9. The van der Waals surface area contributed by atoms with Crippen molar-refractivity contribution in [1.29, 1.82) is 0 Å². The van der Waals surface area contributed by atoms with E-state index in [9.17, 15) is 0 Å². The summed E-state index contributed by atoms with van der Waals surface area (Å²) in [6.07, 6.45) is 14.5. The highest BCUT2D eigenvalue weighted by Crippen LogP contribution is 2.39. The predicted octanol–water partition coefficient (Wildman–Crippen LogP) is 4.47. The van der Waals surface area contributed by atoms with Gasteiger partial charge in [-0.25, -0.2) is 9.97 Å². The van der Waals surface area contributed by atoms with E-state index in [2.05, 4.69) is 63.7 Å². The van der Waals surface area contributed by atoms with E-state index in [0.717, 1.165) is 41.8 Å². The molecule has 2 N–H and O–H groups in total. The molecule has 4 heterocycles. The number of thiophene rings is 1. The smallest absolute Gasteiger partial charge is 0.227 e. The van der Waals surface area contributed by atoms with E-state index < -0.39 is 0 Å². The third-order valence-electron chi connectivity index (χ3n) is 6.16. The number of methoxy groups -OCH3 is 1. The highest BCUT2D eigenvalue weighted by Gasteiger charge is 2.27. The van der Waals surface area contributed by atoms with Crippen LogP contribution in [-0.4, -0.2) is 46.1 Å². The molecule has 3 aromatic rings. The van der Waals surface area contributed by atoms with Gasteiger partial charge in [0.15, 0.2) is 0 Å². The fraction of sp³-hybridized carbons (Fsp3) is 0.435. The fourth-order valence-corrected chi connectivity index (χ4v) is 5.59. The number of hydrogen-bond donors (Lipinski definition) is 2. The van der Waals surface area contributed by atoms with E-state index in [4.69, 9.17) is 9.72 Å². The molecule has 0 spiro atoms. The van der Waals surface area contributed by atoms with Crippen LogP contribution in [0.5, 0.6) is 0 Å². The number of nitrogens with zero attached hydrogens (tertiary/aromatic N) is 4. The lowest BCUT2D eigenvalue weighted by molar-refractivity contribution is 0.120. The highest BCUT2D eigenvalue weighted by atomic mass is 32.1. The summed E-state index contributed by atoms with van der Waals surface area (Å²) in [5, 5.41) is 11.3.